The Kier molecular flexibility index (Phi) is 49.2. The number of carbonyl (C=O) groups is 1. The molecule has 0 unspecified atom stereocenters. The smallest absolute Gasteiger partial charge is 0.251 e. The van der Waals surface area contributed by atoms with Crippen LogP contribution in [0.3, 0.4) is 0 Å². The molecular weight excluding hydrogens is 773 g/mol. The number of rotatable bonds is 44. The van der Waals surface area contributed by atoms with E-state index in [0.29, 0.717) is 31.1 Å². The lowest BCUT2D eigenvalue weighted by atomic mass is 10.1. The maximum atomic E-state index is 13.0. The van der Waals surface area contributed by atoms with Gasteiger partial charge in [-0.2, -0.15) is 0 Å². The van der Waals surface area contributed by atoms with E-state index in [-0.39, 0.29) is 30.7 Å². The van der Waals surface area contributed by atoms with Crippen molar-refractivity contribution in [3.8, 4) is 11.5 Å². The van der Waals surface area contributed by atoms with Gasteiger partial charge >= 0.3 is 0 Å². The molecule has 6 nitrogen and oxygen atoms in total. The summed E-state index contributed by atoms with van der Waals surface area (Å²) in [6.07, 6.45) is 50.0. The van der Waals surface area contributed by atoms with Crippen LogP contribution in [0, 0.1) is 0 Å². The number of ether oxygens (including phenoxy) is 2. The first-order chi connectivity index (χ1) is 28.2. The molecule has 0 atom stereocenters. The Labute approximate surface area is 378 Å². The van der Waals surface area contributed by atoms with Crippen LogP contribution >= 0.6 is 24.8 Å². The van der Waals surface area contributed by atoms with Gasteiger partial charge in [-0.3, -0.25) is 4.79 Å². The maximum Gasteiger partial charge on any atom is 0.251 e. The summed E-state index contributed by atoms with van der Waals surface area (Å²) in [5.41, 5.74) is 6.21. The second-order valence-electron chi connectivity index (χ2n) is 16.4. The average Bonchev–Trinajstić information content (AvgIpc) is 3.22. The highest BCUT2D eigenvalue weighted by Crippen LogP contribution is 2.29. The molecule has 4 N–H and O–H groups in total. The molecule has 1 amide bonds. The van der Waals surface area contributed by atoms with Crippen LogP contribution in [0.25, 0.3) is 0 Å². The van der Waals surface area contributed by atoms with E-state index in [1.165, 1.54) is 167 Å². The number of carbonyl (C=O) groups excluding carboxylic acids is 1. The van der Waals surface area contributed by atoms with Crippen LogP contribution in [-0.4, -0.2) is 45.3 Å². The molecule has 0 spiro atoms. The Hall–Kier alpha value is -1.73. The Morgan fingerprint density at radius 3 is 1.34 bits per heavy atom. The molecule has 0 aliphatic heterocycles. The topological polar surface area (TPSA) is 85.6 Å². The molecule has 0 radical (unpaired) electrons. The van der Waals surface area contributed by atoms with Crippen LogP contribution in [0.1, 0.15) is 230 Å². The van der Waals surface area contributed by atoms with Gasteiger partial charge < -0.3 is 25.8 Å². The van der Waals surface area contributed by atoms with Gasteiger partial charge in [0.15, 0.2) is 11.5 Å². The van der Waals surface area contributed by atoms with Crippen LogP contribution in [0.5, 0.6) is 11.5 Å². The van der Waals surface area contributed by atoms with Crippen molar-refractivity contribution in [2.45, 2.75) is 219 Å². The first kappa shape index (κ1) is 59.4. The van der Waals surface area contributed by atoms with Gasteiger partial charge in [-0.15, -0.1) is 24.8 Å². The lowest BCUT2D eigenvalue weighted by molar-refractivity contribution is 0.0952. The molecule has 0 bridgehead atoms. The summed E-state index contributed by atoms with van der Waals surface area (Å²) in [7, 11) is 0. The monoisotopic (exact) mass is 868 g/mol. The molecular formula is C51H95Cl2N3O3. The van der Waals surface area contributed by atoms with Crippen molar-refractivity contribution in [3.05, 3.63) is 48.1 Å². The molecule has 0 aliphatic carbocycles. The number of hydrogen-bond donors (Lipinski definition) is 3. The van der Waals surface area contributed by atoms with Gasteiger partial charge in [0.05, 0.1) is 13.2 Å². The lowest BCUT2D eigenvalue weighted by Gasteiger charge is -2.15. The van der Waals surface area contributed by atoms with Crippen LogP contribution in [0.4, 0.5) is 0 Å². The fourth-order valence-electron chi connectivity index (χ4n) is 7.14. The molecule has 0 saturated carbocycles. The zero-order valence-electron chi connectivity index (χ0n) is 38.5. The summed E-state index contributed by atoms with van der Waals surface area (Å²) < 4.78 is 12.5. The standard InChI is InChI=1S/C51H93N3O3.2ClH/c1-3-5-7-9-11-13-15-17-19-21-23-25-27-29-31-37-45-56-49-40-39-48(51(55)54-44-36-35-43-53-42-34-33-41-52)47-50(49)57-46-38-32-30-28-26-24-22-20-18-16-14-12-10-8-6-4-2;;/h17-20,39-40,47,53H,3-16,21-38,41-46,52H2,1-2H3,(H,54,55);2*1H. The minimum absolute atomic E-state index is 0. The Bertz CT molecular complexity index is 1070. The molecule has 8 heteroatoms. The Morgan fingerprint density at radius 1 is 0.492 bits per heavy atom. The minimum Gasteiger partial charge on any atom is -0.490 e. The third-order valence-electron chi connectivity index (χ3n) is 10.9. The number of allylic oxidation sites excluding steroid dienone is 4. The molecule has 1 aromatic rings. The number of unbranched alkanes of at least 4 members (excludes halogenated alkanes) is 26. The zero-order valence-corrected chi connectivity index (χ0v) is 40.2. The van der Waals surface area contributed by atoms with Crippen molar-refractivity contribution in [2.24, 2.45) is 5.73 Å². The summed E-state index contributed by atoms with van der Waals surface area (Å²) in [4.78, 5) is 13.0. The van der Waals surface area contributed by atoms with Gasteiger partial charge in [0, 0.05) is 12.1 Å². The zero-order chi connectivity index (χ0) is 41.0. The van der Waals surface area contributed by atoms with Crippen molar-refractivity contribution in [1.29, 1.82) is 0 Å². The van der Waals surface area contributed by atoms with Crippen molar-refractivity contribution >= 4 is 30.7 Å². The van der Waals surface area contributed by atoms with Gasteiger partial charge in [-0.1, -0.05) is 154 Å². The molecule has 0 aromatic heterocycles. The second-order valence-corrected chi connectivity index (χ2v) is 16.4. The second kappa shape index (κ2) is 48.9. The average molecular weight is 869 g/mol. The van der Waals surface area contributed by atoms with E-state index in [2.05, 4.69) is 48.8 Å². The molecule has 346 valence electrons. The molecule has 0 saturated heterocycles. The predicted octanol–water partition coefficient (Wildman–Crippen LogP) is 15.2. The normalized spacial score (nSPS) is 11.2. The predicted molar refractivity (Wildman–Crippen MR) is 264 cm³/mol. The summed E-state index contributed by atoms with van der Waals surface area (Å²) in [5, 5.41) is 6.56. The van der Waals surface area contributed by atoms with Crippen molar-refractivity contribution < 1.29 is 14.3 Å². The van der Waals surface area contributed by atoms with E-state index < -0.39 is 0 Å². The van der Waals surface area contributed by atoms with E-state index in [0.717, 1.165) is 63.9 Å². The Morgan fingerprint density at radius 2 is 0.881 bits per heavy atom. The molecule has 59 heavy (non-hydrogen) atoms. The molecule has 0 heterocycles. The van der Waals surface area contributed by atoms with Crippen molar-refractivity contribution in [3.63, 3.8) is 0 Å². The third kappa shape index (κ3) is 40.1. The van der Waals surface area contributed by atoms with E-state index in [9.17, 15) is 4.79 Å². The number of hydrogen-bond acceptors (Lipinski definition) is 5. The first-order valence-electron chi connectivity index (χ1n) is 24.6. The highest BCUT2D eigenvalue weighted by molar-refractivity contribution is 5.94. The van der Waals surface area contributed by atoms with E-state index >= 15 is 0 Å². The fraction of sp³-hybridized carbons (Fsp3) is 0.784. The lowest BCUT2D eigenvalue weighted by Crippen LogP contribution is -2.25. The van der Waals surface area contributed by atoms with Gasteiger partial charge in [0.25, 0.3) is 5.91 Å². The molecule has 0 aliphatic rings. The largest absolute Gasteiger partial charge is 0.490 e. The summed E-state index contributed by atoms with van der Waals surface area (Å²) in [6.45, 7) is 9.29. The van der Waals surface area contributed by atoms with Crippen LogP contribution in [0.15, 0.2) is 42.5 Å². The van der Waals surface area contributed by atoms with Gasteiger partial charge in [0.2, 0.25) is 0 Å². The SMILES string of the molecule is CCCCCCCCC=CCCCCCCCCOc1ccc(C(=O)NCCCCNCCCCN)cc1OCCCCCCCCC=CCCCCCCCC.Cl.Cl. The Balaban J connectivity index is 0. The van der Waals surface area contributed by atoms with E-state index in [1.54, 1.807) is 0 Å². The fourth-order valence-corrected chi connectivity index (χ4v) is 7.14. The number of nitrogens with one attached hydrogen (secondary N) is 2. The summed E-state index contributed by atoms with van der Waals surface area (Å²) in [6, 6.07) is 5.69. The van der Waals surface area contributed by atoms with Crippen LogP contribution in [-0.2, 0) is 0 Å². The minimum atomic E-state index is -0.0483. The summed E-state index contributed by atoms with van der Waals surface area (Å²) >= 11 is 0. The maximum absolute atomic E-state index is 13.0. The van der Waals surface area contributed by atoms with Gasteiger partial charge in [-0.25, -0.2) is 0 Å². The van der Waals surface area contributed by atoms with Gasteiger partial charge in [-0.05, 0) is 128 Å². The van der Waals surface area contributed by atoms with E-state index in [4.69, 9.17) is 15.2 Å². The third-order valence-corrected chi connectivity index (χ3v) is 10.9. The summed E-state index contributed by atoms with van der Waals surface area (Å²) in [5.74, 6) is 1.40. The highest BCUT2D eigenvalue weighted by atomic mass is 35.5. The number of halogens is 2. The van der Waals surface area contributed by atoms with Gasteiger partial charge in [0.1, 0.15) is 0 Å². The van der Waals surface area contributed by atoms with E-state index in [1.807, 2.05) is 18.2 Å². The van der Waals surface area contributed by atoms with Crippen molar-refractivity contribution in [1.82, 2.24) is 10.6 Å². The molecule has 1 aromatic carbocycles. The van der Waals surface area contributed by atoms with Crippen LogP contribution in [0.2, 0.25) is 0 Å². The molecule has 1 rings (SSSR count). The van der Waals surface area contributed by atoms with Crippen LogP contribution < -0.4 is 25.8 Å². The first-order valence-corrected chi connectivity index (χ1v) is 24.6. The number of amides is 1. The quantitative estimate of drug-likeness (QED) is 0.0449. The number of benzene rings is 1. The molecule has 0 fully saturated rings. The highest BCUT2D eigenvalue weighted by Gasteiger charge is 2.12. The number of nitrogens with two attached hydrogens (primary N) is 1. The van der Waals surface area contributed by atoms with Crippen molar-refractivity contribution in [2.75, 3.05) is 39.4 Å².